The van der Waals surface area contributed by atoms with Crippen LogP contribution in [-0.4, -0.2) is 59.9 Å². The SMILES string of the molecule is CCCCCCCCC/C=C/C/C=C/C/C=C/C/C=C/CCCC(=O)O[C@H](COC(=O)CCCCCCCCCCCCCCCCCCCCCC)COP(=O)(O)OC[C@H](N)C(=O)O. The number of allylic oxidation sites excluding steroid dienone is 8. The van der Waals surface area contributed by atoms with Crippen molar-refractivity contribution in [2.75, 3.05) is 19.8 Å². The number of ether oxygens (including phenoxy) is 2. The molecule has 0 bridgehead atoms. The Balaban J connectivity index is 4.32. The number of carboxylic acid groups (broad SMARTS) is 1. The summed E-state index contributed by atoms with van der Waals surface area (Å²) >= 11 is 0. The molecule has 0 aromatic rings. The van der Waals surface area contributed by atoms with Crippen LogP contribution in [0.5, 0.6) is 0 Å². The first kappa shape index (κ1) is 62.4. The first-order chi connectivity index (χ1) is 31.6. The molecule has 11 nitrogen and oxygen atoms in total. The van der Waals surface area contributed by atoms with Crippen LogP contribution in [0, 0.1) is 0 Å². The summed E-state index contributed by atoms with van der Waals surface area (Å²) in [6, 6.07) is -1.53. The van der Waals surface area contributed by atoms with E-state index in [4.69, 9.17) is 24.8 Å². The maximum atomic E-state index is 12.7. The Morgan fingerprint density at radius 1 is 0.477 bits per heavy atom. The summed E-state index contributed by atoms with van der Waals surface area (Å²) in [4.78, 5) is 46.2. The molecule has 378 valence electrons. The first-order valence-electron chi connectivity index (χ1n) is 26.2. The molecule has 0 heterocycles. The van der Waals surface area contributed by atoms with Gasteiger partial charge in [-0.25, -0.2) is 4.57 Å². The van der Waals surface area contributed by atoms with Gasteiger partial charge in [-0.3, -0.25) is 23.4 Å². The van der Waals surface area contributed by atoms with Crippen LogP contribution < -0.4 is 5.73 Å². The van der Waals surface area contributed by atoms with Gasteiger partial charge in [-0.15, -0.1) is 0 Å². The summed E-state index contributed by atoms with van der Waals surface area (Å²) in [6.07, 6.45) is 56.2. The number of hydrogen-bond donors (Lipinski definition) is 3. The normalized spacial score (nSPS) is 13.9. The molecule has 0 aliphatic heterocycles. The van der Waals surface area contributed by atoms with E-state index in [0.717, 1.165) is 38.5 Å². The summed E-state index contributed by atoms with van der Waals surface area (Å²) in [6.45, 7) is 2.79. The molecular weight excluding hydrogens is 842 g/mol. The van der Waals surface area contributed by atoms with Crippen LogP contribution in [0.3, 0.4) is 0 Å². The summed E-state index contributed by atoms with van der Waals surface area (Å²) < 4.78 is 32.8. The van der Waals surface area contributed by atoms with Crippen molar-refractivity contribution in [2.45, 2.75) is 251 Å². The van der Waals surface area contributed by atoms with Crippen molar-refractivity contribution in [1.29, 1.82) is 0 Å². The zero-order valence-corrected chi connectivity index (χ0v) is 42.2. The lowest BCUT2D eigenvalue weighted by molar-refractivity contribution is -0.161. The minimum atomic E-state index is -4.74. The van der Waals surface area contributed by atoms with E-state index >= 15 is 0 Å². The smallest absolute Gasteiger partial charge is 0.472 e. The predicted molar refractivity (Wildman–Crippen MR) is 268 cm³/mol. The predicted octanol–water partition coefficient (Wildman–Crippen LogP) is 14.9. The molecule has 0 aromatic carbocycles. The lowest BCUT2D eigenvalue weighted by atomic mass is 10.0. The summed E-state index contributed by atoms with van der Waals surface area (Å²) in [5.41, 5.74) is 5.35. The molecule has 4 N–H and O–H groups in total. The van der Waals surface area contributed by atoms with Crippen molar-refractivity contribution in [3.8, 4) is 0 Å². The second-order valence-corrected chi connectivity index (χ2v) is 19.1. The molecule has 0 aliphatic carbocycles. The van der Waals surface area contributed by atoms with Crippen molar-refractivity contribution >= 4 is 25.7 Å². The Morgan fingerprint density at radius 3 is 1.26 bits per heavy atom. The Kier molecular flexibility index (Phi) is 46.0. The average Bonchev–Trinajstić information content (AvgIpc) is 3.28. The van der Waals surface area contributed by atoms with Gasteiger partial charge < -0.3 is 25.2 Å². The van der Waals surface area contributed by atoms with E-state index in [2.05, 4.69) is 54.8 Å². The second-order valence-electron chi connectivity index (χ2n) is 17.7. The molecule has 0 saturated carbocycles. The Hall–Kier alpha value is -2.56. The van der Waals surface area contributed by atoms with E-state index in [0.29, 0.717) is 19.3 Å². The van der Waals surface area contributed by atoms with E-state index in [-0.39, 0.29) is 19.4 Å². The highest BCUT2D eigenvalue weighted by Crippen LogP contribution is 2.43. The van der Waals surface area contributed by atoms with Crippen LogP contribution in [0.1, 0.15) is 239 Å². The van der Waals surface area contributed by atoms with E-state index < -0.39 is 51.1 Å². The van der Waals surface area contributed by atoms with E-state index in [1.165, 1.54) is 154 Å². The van der Waals surface area contributed by atoms with Crippen molar-refractivity contribution in [1.82, 2.24) is 0 Å². The van der Waals surface area contributed by atoms with Crippen LogP contribution in [-0.2, 0) is 37.5 Å². The number of carbonyl (C=O) groups is 3. The van der Waals surface area contributed by atoms with Gasteiger partial charge in [-0.1, -0.05) is 223 Å². The maximum Gasteiger partial charge on any atom is 0.472 e. The standard InChI is InChI=1S/C53H96NO10P/c1-3-5-7-9-11-13-15-17-19-21-23-25-27-29-31-33-35-37-39-41-43-45-52(56)64-49(47-62-65(59,60)63-48-50(54)53(57)58)46-61-51(55)44-42-40-38-36-34-32-30-28-26-24-22-20-18-16-14-12-10-8-6-4-2/h19,21,25,27,31,33,37,39,49-50H,3-18,20,22-24,26,28-30,32,34-36,38,40-48,54H2,1-2H3,(H,57,58)(H,59,60)/b21-19+,27-25+,33-31+,39-37+/t49-,50+/m1/s1. The van der Waals surface area contributed by atoms with Crippen molar-refractivity contribution in [3.63, 3.8) is 0 Å². The number of carbonyl (C=O) groups excluding carboxylic acids is 2. The molecule has 0 fully saturated rings. The fraction of sp³-hybridized carbons (Fsp3) is 0.792. The van der Waals surface area contributed by atoms with Gasteiger partial charge in [0.2, 0.25) is 0 Å². The topological polar surface area (TPSA) is 172 Å². The fourth-order valence-corrected chi connectivity index (χ4v) is 8.01. The monoisotopic (exact) mass is 938 g/mol. The number of rotatable bonds is 49. The number of hydrogen-bond acceptors (Lipinski definition) is 9. The van der Waals surface area contributed by atoms with Crippen molar-refractivity contribution in [3.05, 3.63) is 48.6 Å². The second kappa shape index (κ2) is 47.9. The van der Waals surface area contributed by atoms with Gasteiger partial charge in [0.05, 0.1) is 13.2 Å². The molecule has 0 aromatic heterocycles. The van der Waals surface area contributed by atoms with Crippen LogP contribution in [0.15, 0.2) is 48.6 Å². The largest absolute Gasteiger partial charge is 0.480 e. The zero-order chi connectivity index (χ0) is 47.7. The highest BCUT2D eigenvalue weighted by molar-refractivity contribution is 7.47. The number of nitrogens with two attached hydrogens (primary N) is 1. The number of carboxylic acids is 1. The van der Waals surface area contributed by atoms with E-state index in [9.17, 15) is 23.8 Å². The number of phosphoric acid groups is 1. The minimum Gasteiger partial charge on any atom is -0.480 e. The van der Waals surface area contributed by atoms with Crippen LogP contribution in [0.25, 0.3) is 0 Å². The molecule has 0 aliphatic rings. The van der Waals surface area contributed by atoms with Crippen LogP contribution in [0.2, 0.25) is 0 Å². The third kappa shape index (κ3) is 47.7. The molecule has 12 heteroatoms. The van der Waals surface area contributed by atoms with Gasteiger partial charge >= 0.3 is 25.7 Å². The van der Waals surface area contributed by atoms with Crippen LogP contribution >= 0.6 is 7.82 Å². The van der Waals surface area contributed by atoms with Crippen molar-refractivity contribution in [2.24, 2.45) is 5.73 Å². The first-order valence-corrected chi connectivity index (χ1v) is 27.7. The molecule has 0 spiro atoms. The molecule has 3 atom stereocenters. The summed E-state index contributed by atoms with van der Waals surface area (Å²) in [5.74, 6) is -2.44. The van der Waals surface area contributed by atoms with E-state index in [1.807, 2.05) is 12.2 Å². The minimum absolute atomic E-state index is 0.0864. The maximum absolute atomic E-state index is 12.7. The summed E-state index contributed by atoms with van der Waals surface area (Å²) in [7, 11) is -4.74. The van der Waals surface area contributed by atoms with Gasteiger partial charge in [0, 0.05) is 12.8 Å². The Morgan fingerprint density at radius 2 is 0.831 bits per heavy atom. The zero-order valence-electron chi connectivity index (χ0n) is 41.3. The van der Waals surface area contributed by atoms with Gasteiger partial charge in [-0.05, 0) is 51.4 Å². The highest BCUT2D eigenvalue weighted by atomic mass is 31.2. The lowest BCUT2D eigenvalue weighted by Gasteiger charge is -2.20. The molecule has 0 radical (unpaired) electrons. The Labute approximate surface area is 396 Å². The van der Waals surface area contributed by atoms with Gasteiger partial charge in [0.1, 0.15) is 12.6 Å². The highest BCUT2D eigenvalue weighted by Gasteiger charge is 2.28. The van der Waals surface area contributed by atoms with Gasteiger partial charge in [-0.2, -0.15) is 0 Å². The molecular formula is C53H96NO10P. The quantitative estimate of drug-likeness (QED) is 0.0229. The number of aliphatic carboxylic acids is 1. The van der Waals surface area contributed by atoms with Crippen LogP contribution in [0.4, 0.5) is 0 Å². The molecule has 65 heavy (non-hydrogen) atoms. The lowest BCUT2D eigenvalue weighted by Crippen LogP contribution is -2.34. The number of phosphoric ester groups is 1. The van der Waals surface area contributed by atoms with Gasteiger partial charge in [0.15, 0.2) is 6.10 Å². The fourth-order valence-electron chi connectivity index (χ4n) is 7.24. The third-order valence-electron chi connectivity index (χ3n) is 11.3. The number of unbranched alkanes of at least 4 members (excludes halogenated alkanes) is 27. The summed E-state index contributed by atoms with van der Waals surface area (Å²) in [5, 5.41) is 8.92. The number of esters is 2. The van der Waals surface area contributed by atoms with E-state index in [1.54, 1.807) is 0 Å². The third-order valence-corrected chi connectivity index (χ3v) is 12.3. The molecule has 0 saturated heterocycles. The molecule has 0 amide bonds. The average molecular weight is 938 g/mol. The molecule has 1 unspecified atom stereocenters. The van der Waals surface area contributed by atoms with Gasteiger partial charge in [0.25, 0.3) is 0 Å². The Bertz CT molecular complexity index is 1280. The van der Waals surface area contributed by atoms with Crippen molar-refractivity contribution < 1.29 is 47.5 Å². The molecule has 0 rings (SSSR count).